The van der Waals surface area contributed by atoms with Crippen LogP contribution in [-0.2, 0) is 13.0 Å². The molecule has 0 spiro atoms. The molecule has 0 bridgehead atoms. The highest BCUT2D eigenvalue weighted by Gasteiger charge is 2.22. The van der Waals surface area contributed by atoms with Gasteiger partial charge < -0.3 is 15.0 Å². The van der Waals surface area contributed by atoms with Crippen LogP contribution in [0.5, 0.6) is 0 Å². The van der Waals surface area contributed by atoms with Gasteiger partial charge in [0.1, 0.15) is 5.82 Å². The van der Waals surface area contributed by atoms with Gasteiger partial charge in [0.15, 0.2) is 0 Å². The van der Waals surface area contributed by atoms with E-state index in [4.69, 9.17) is 0 Å². The highest BCUT2D eigenvalue weighted by Crippen LogP contribution is 2.13. The monoisotopic (exact) mass is 237 g/mol. The Labute approximate surface area is 103 Å². The van der Waals surface area contributed by atoms with Crippen molar-refractivity contribution in [1.82, 2.24) is 14.9 Å². The zero-order valence-electron chi connectivity index (χ0n) is 10.6. The fourth-order valence-electron chi connectivity index (χ4n) is 2.51. The topological polar surface area (TPSA) is 50.1 Å². The number of aliphatic hydroxyl groups is 1. The van der Waals surface area contributed by atoms with Gasteiger partial charge in [-0.05, 0) is 25.8 Å². The minimum atomic E-state index is -0.312. The van der Waals surface area contributed by atoms with E-state index in [1.165, 1.54) is 12.8 Å². The Bertz CT molecular complexity index is 331. The number of imidazole rings is 1. The third-order valence-corrected chi connectivity index (χ3v) is 3.47. The fraction of sp³-hybridized carbons (Fsp3) is 0.769. The smallest absolute Gasteiger partial charge is 0.111 e. The first kappa shape index (κ1) is 12.6. The number of aliphatic hydroxyl groups excluding tert-OH is 1. The average Bonchev–Trinajstić information content (AvgIpc) is 2.78. The van der Waals surface area contributed by atoms with Gasteiger partial charge in [-0.1, -0.05) is 13.3 Å². The molecule has 0 aromatic carbocycles. The normalized spacial score (nSPS) is 22.6. The molecule has 0 amide bonds. The second-order valence-corrected chi connectivity index (χ2v) is 4.86. The largest absolute Gasteiger partial charge is 0.391 e. The van der Waals surface area contributed by atoms with Gasteiger partial charge in [-0.3, -0.25) is 0 Å². The molecule has 4 nitrogen and oxygen atoms in total. The highest BCUT2D eigenvalue weighted by atomic mass is 16.3. The van der Waals surface area contributed by atoms with E-state index in [0.717, 1.165) is 31.8 Å². The molecule has 2 rings (SSSR count). The Morgan fingerprint density at radius 1 is 1.59 bits per heavy atom. The van der Waals surface area contributed by atoms with E-state index in [0.29, 0.717) is 6.42 Å². The van der Waals surface area contributed by atoms with Crippen molar-refractivity contribution in [2.45, 2.75) is 57.7 Å². The van der Waals surface area contributed by atoms with E-state index < -0.39 is 0 Å². The van der Waals surface area contributed by atoms with E-state index in [1.54, 1.807) is 0 Å². The Balaban J connectivity index is 1.92. The summed E-state index contributed by atoms with van der Waals surface area (Å²) in [5, 5.41) is 13.6. The summed E-state index contributed by atoms with van der Waals surface area (Å²) < 4.78 is 2.14. The van der Waals surface area contributed by atoms with Crippen LogP contribution in [0.25, 0.3) is 0 Å². The molecule has 0 aliphatic carbocycles. The van der Waals surface area contributed by atoms with E-state index >= 15 is 0 Å². The van der Waals surface area contributed by atoms with Crippen molar-refractivity contribution in [3.8, 4) is 0 Å². The number of aromatic nitrogens is 2. The third-order valence-electron chi connectivity index (χ3n) is 3.47. The minimum absolute atomic E-state index is 0.246. The number of hydrogen-bond donors (Lipinski definition) is 2. The first-order valence-electron chi connectivity index (χ1n) is 6.72. The van der Waals surface area contributed by atoms with Gasteiger partial charge in [0, 0.05) is 31.4 Å². The van der Waals surface area contributed by atoms with Crippen LogP contribution in [-0.4, -0.2) is 33.3 Å². The lowest BCUT2D eigenvalue weighted by Gasteiger charge is -2.27. The molecule has 0 radical (unpaired) electrons. The van der Waals surface area contributed by atoms with Crippen molar-refractivity contribution >= 4 is 0 Å². The summed E-state index contributed by atoms with van der Waals surface area (Å²) in [6.45, 7) is 4.17. The number of hydrogen-bond acceptors (Lipinski definition) is 3. The summed E-state index contributed by atoms with van der Waals surface area (Å²) in [7, 11) is 0. The highest BCUT2D eigenvalue weighted by molar-refractivity contribution is 4.96. The van der Waals surface area contributed by atoms with Gasteiger partial charge in [0.05, 0.1) is 6.10 Å². The standard InChI is InChI=1S/C13H23N3O/c1-2-8-16-9-7-15-13(16)10-12(17)11-5-3-4-6-14-11/h7,9,11-12,14,17H,2-6,8,10H2,1H3. The summed E-state index contributed by atoms with van der Waals surface area (Å²) in [5.74, 6) is 1.01. The zero-order valence-corrected chi connectivity index (χ0v) is 10.6. The van der Waals surface area contributed by atoms with Crippen LogP contribution in [0.15, 0.2) is 12.4 Å². The SMILES string of the molecule is CCCn1ccnc1CC(O)C1CCCCN1. The Hall–Kier alpha value is -0.870. The number of nitrogens with one attached hydrogen (secondary N) is 1. The molecule has 96 valence electrons. The van der Waals surface area contributed by atoms with Gasteiger partial charge in [0.25, 0.3) is 0 Å². The summed E-state index contributed by atoms with van der Waals surface area (Å²) >= 11 is 0. The molecule has 4 heteroatoms. The molecule has 2 N–H and O–H groups in total. The molecule has 0 saturated carbocycles. The molecule has 1 aliphatic heterocycles. The van der Waals surface area contributed by atoms with Gasteiger partial charge in [0.2, 0.25) is 0 Å². The Morgan fingerprint density at radius 2 is 2.47 bits per heavy atom. The summed E-state index contributed by atoms with van der Waals surface area (Å²) in [5.41, 5.74) is 0. The van der Waals surface area contributed by atoms with Gasteiger partial charge in [-0.25, -0.2) is 4.98 Å². The van der Waals surface area contributed by atoms with Crippen molar-refractivity contribution in [2.75, 3.05) is 6.54 Å². The second kappa shape index (κ2) is 6.17. The molecule has 1 fully saturated rings. The molecular weight excluding hydrogens is 214 g/mol. The third kappa shape index (κ3) is 3.30. The Kier molecular flexibility index (Phi) is 4.57. The second-order valence-electron chi connectivity index (χ2n) is 4.86. The molecule has 1 saturated heterocycles. The Morgan fingerprint density at radius 3 is 3.18 bits per heavy atom. The maximum atomic E-state index is 10.2. The lowest BCUT2D eigenvalue weighted by molar-refractivity contribution is 0.110. The predicted molar refractivity (Wildman–Crippen MR) is 67.9 cm³/mol. The van der Waals surface area contributed by atoms with E-state index in [9.17, 15) is 5.11 Å². The summed E-state index contributed by atoms with van der Waals surface area (Å²) in [6.07, 6.45) is 8.80. The average molecular weight is 237 g/mol. The van der Waals surface area contributed by atoms with Gasteiger partial charge in [-0.15, -0.1) is 0 Å². The minimum Gasteiger partial charge on any atom is -0.391 e. The number of piperidine rings is 1. The fourth-order valence-corrected chi connectivity index (χ4v) is 2.51. The lowest BCUT2D eigenvalue weighted by Crippen LogP contribution is -2.44. The van der Waals surface area contributed by atoms with Gasteiger partial charge in [-0.2, -0.15) is 0 Å². The van der Waals surface area contributed by atoms with Crippen LogP contribution >= 0.6 is 0 Å². The number of nitrogens with zero attached hydrogens (tertiary/aromatic N) is 2. The van der Waals surface area contributed by atoms with Crippen LogP contribution in [0.1, 0.15) is 38.4 Å². The molecule has 2 atom stereocenters. The molecule has 17 heavy (non-hydrogen) atoms. The van der Waals surface area contributed by atoms with Crippen molar-refractivity contribution in [3.05, 3.63) is 18.2 Å². The predicted octanol–water partition coefficient (Wildman–Crippen LogP) is 1.34. The molecular formula is C13H23N3O. The summed E-state index contributed by atoms with van der Waals surface area (Å²) in [4.78, 5) is 4.34. The van der Waals surface area contributed by atoms with Crippen LogP contribution in [0.3, 0.4) is 0 Å². The quantitative estimate of drug-likeness (QED) is 0.812. The molecule has 2 unspecified atom stereocenters. The van der Waals surface area contributed by atoms with Crippen molar-refractivity contribution < 1.29 is 5.11 Å². The first-order chi connectivity index (χ1) is 8.31. The number of rotatable bonds is 5. The number of aryl methyl sites for hydroxylation is 1. The van der Waals surface area contributed by atoms with Crippen molar-refractivity contribution in [2.24, 2.45) is 0 Å². The van der Waals surface area contributed by atoms with Gasteiger partial charge >= 0.3 is 0 Å². The van der Waals surface area contributed by atoms with Crippen LogP contribution in [0.2, 0.25) is 0 Å². The van der Waals surface area contributed by atoms with Crippen molar-refractivity contribution in [1.29, 1.82) is 0 Å². The maximum absolute atomic E-state index is 10.2. The summed E-state index contributed by atoms with van der Waals surface area (Å²) in [6, 6.07) is 0.246. The molecule has 2 heterocycles. The maximum Gasteiger partial charge on any atom is 0.111 e. The zero-order chi connectivity index (χ0) is 12.1. The molecule has 1 aliphatic rings. The molecule has 1 aromatic heterocycles. The molecule has 1 aromatic rings. The lowest BCUT2D eigenvalue weighted by atomic mass is 9.98. The van der Waals surface area contributed by atoms with Crippen LogP contribution < -0.4 is 5.32 Å². The van der Waals surface area contributed by atoms with E-state index in [-0.39, 0.29) is 12.1 Å². The van der Waals surface area contributed by atoms with E-state index in [1.807, 2.05) is 12.4 Å². The first-order valence-corrected chi connectivity index (χ1v) is 6.72. The van der Waals surface area contributed by atoms with Crippen molar-refractivity contribution in [3.63, 3.8) is 0 Å². The van der Waals surface area contributed by atoms with Crippen LogP contribution in [0.4, 0.5) is 0 Å². The van der Waals surface area contributed by atoms with Crippen LogP contribution in [0, 0.1) is 0 Å². The van der Waals surface area contributed by atoms with E-state index in [2.05, 4.69) is 21.8 Å².